The molecule has 1 atom stereocenters. The number of amides is 2. The van der Waals surface area contributed by atoms with Crippen LogP contribution in [0.5, 0.6) is 0 Å². The standard InChI is InChI=1S/C22H15ClN8O2/c1-3-7-30-17-12(5-4-6-13(17)23)22(21(30)33)8-14(32)28-19-15(22)11(2)29-31(19)20-16-18(25-9-24-16)26-10-27-20/h1,4-6,9-10H,7-8H2,2H3,(H,28,32)(H,24,25,26,27). The van der Waals surface area contributed by atoms with Gasteiger partial charge in [0, 0.05) is 12.0 Å². The van der Waals surface area contributed by atoms with Crippen molar-refractivity contribution in [2.45, 2.75) is 18.8 Å². The minimum absolute atomic E-state index is 0.0299. The van der Waals surface area contributed by atoms with E-state index in [1.165, 1.54) is 22.2 Å². The number of terminal acetylenes is 1. The molecular weight excluding hydrogens is 444 g/mol. The number of anilines is 2. The molecule has 10 nitrogen and oxygen atoms in total. The fraction of sp³-hybridized carbons (Fsp3) is 0.182. The summed E-state index contributed by atoms with van der Waals surface area (Å²) in [5.41, 5.74) is 1.99. The first-order chi connectivity index (χ1) is 16.0. The van der Waals surface area contributed by atoms with Gasteiger partial charge in [-0.15, -0.1) is 6.42 Å². The zero-order valence-corrected chi connectivity index (χ0v) is 18.0. The molecule has 162 valence electrons. The van der Waals surface area contributed by atoms with Gasteiger partial charge in [-0.1, -0.05) is 29.7 Å². The maximum absolute atomic E-state index is 14.0. The topological polar surface area (TPSA) is 122 Å². The number of para-hydroxylation sites is 1. The molecule has 2 aliphatic rings. The highest BCUT2D eigenvalue weighted by Gasteiger charge is 2.58. The van der Waals surface area contributed by atoms with E-state index in [0.717, 1.165) is 0 Å². The van der Waals surface area contributed by atoms with E-state index in [2.05, 4.69) is 36.3 Å². The van der Waals surface area contributed by atoms with Gasteiger partial charge in [0.15, 0.2) is 11.5 Å². The lowest BCUT2D eigenvalue weighted by atomic mass is 9.70. The number of hydrogen-bond donors (Lipinski definition) is 2. The van der Waals surface area contributed by atoms with Gasteiger partial charge >= 0.3 is 0 Å². The number of nitrogens with one attached hydrogen (secondary N) is 2. The highest BCUT2D eigenvalue weighted by Crippen LogP contribution is 2.55. The number of carbonyl (C=O) groups is 2. The normalized spacial score (nSPS) is 19.0. The van der Waals surface area contributed by atoms with E-state index in [1.807, 2.05) is 6.07 Å². The van der Waals surface area contributed by atoms with Crippen molar-refractivity contribution in [3.63, 3.8) is 0 Å². The number of imidazole rings is 1. The van der Waals surface area contributed by atoms with Crippen molar-refractivity contribution in [1.82, 2.24) is 29.7 Å². The van der Waals surface area contributed by atoms with E-state index in [0.29, 0.717) is 50.3 Å². The van der Waals surface area contributed by atoms with Gasteiger partial charge < -0.3 is 10.3 Å². The van der Waals surface area contributed by atoms with E-state index in [9.17, 15) is 9.59 Å². The summed E-state index contributed by atoms with van der Waals surface area (Å²) in [6.07, 6.45) is 8.34. The quantitative estimate of drug-likeness (QED) is 0.444. The van der Waals surface area contributed by atoms with Gasteiger partial charge in [-0.05, 0) is 18.6 Å². The minimum Gasteiger partial charge on any atom is -0.340 e. The lowest BCUT2D eigenvalue weighted by Crippen LogP contribution is -2.47. The SMILES string of the molecule is C#CCN1C(=O)C2(CC(=O)Nc3c2c(C)nn3-c2ncnc3nc[nH]c23)c2cccc(Cl)c21. The molecule has 2 N–H and O–H groups in total. The van der Waals surface area contributed by atoms with Crippen LogP contribution in [-0.2, 0) is 15.0 Å². The predicted octanol–water partition coefficient (Wildman–Crippen LogP) is 2.11. The van der Waals surface area contributed by atoms with Crippen molar-refractivity contribution in [3.8, 4) is 18.2 Å². The van der Waals surface area contributed by atoms with Crippen LogP contribution in [0.3, 0.4) is 0 Å². The summed E-state index contributed by atoms with van der Waals surface area (Å²) in [5, 5.41) is 7.95. The Morgan fingerprint density at radius 3 is 2.94 bits per heavy atom. The van der Waals surface area contributed by atoms with Crippen LogP contribution in [0, 0.1) is 19.3 Å². The lowest BCUT2D eigenvalue weighted by Gasteiger charge is -2.33. The molecule has 1 spiro atoms. The van der Waals surface area contributed by atoms with Crippen molar-refractivity contribution in [2.24, 2.45) is 0 Å². The molecule has 5 heterocycles. The Morgan fingerprint density at radius 2 is 2.12 bits per heavy atom. The molecule has 0 saturated heterocycles. The zero-order valence-electron chi connectivity index (χ0n) is 17.3. The van der Waals surface area contributed by atoms with E-state index in [1.54, 1.807) is 19.1 Å². The third-order valence-corrected chi connectivity index (χ3v) is 6.46. The number of rotatable bonds is 2. The maximum atomic E-state index is 14.0. The molecule has 2 amide bonds. The number of nitrogens with zero attached hydrogens (tertiary/aromatic N) is 6. The Labute approximate surface area is 192 Å². The van der Waals surface area contributed by atoms with Gasteiger partial charge in [0.25, 0.3) is 0 Å². The van der Waals surface area contributed by atoms with Gasteiger partial charge in [0.05, 0.1) is 29.3 Å². The fourth-order valence-corrected chi connectivity index (χ4v) is 5.24. The molecule has 0 bridgehead atoms. The Balaban J connectivity index is 1.68. The van der Waals surface area contributed by atoms with Crippen LogP contribution in [0.1, 0.15) is 23.2 Å². The van der Waals surface area contributed by atoms with Crippen molar-refractivity contribution >= 4 is 46.1 Å². The Hall–Kier alpha value is -4.23. The van der Waals surface area contributed by atoms with Crippen LogP contribution in [0.25, 0.3) is 17.0 Å². The van der Waals surface area contributed by atoms with Crippen LogP contribution in [0.2, 0.25) is 5.02 Å². The monoisotopic (exact) mass is 458 g/mol. The Morgan fingerprint density at radius 1 is 1.27 bits per heavy atom. The number of benzene rings is 1. The van der Waals surface area contributed by atoms with Crippen molar-refractivity contribution in [1.29, 1.82) is 0 Å². The van der Waals surface area contributed by atoms with E-state index < -0.39 is 5.41 Å². The van der Waals surface area contributed by atoms with Crippen LogP contribution in [0.15, 0.2) is 30.9 Å². The predicted molar refractivity (Wildman–Crippen MR) is 120 cm³/mol. The number of aryl methyl sites for hydroxylation is 1. The first-order valence-corrected chi connectivity index (χ1v) is 10.4. The average Bonchev–Trinajstić information content (AvgIpc) is 3.46. The Bertz CT molecular complexity index is 1550. The molecule has 0 fully saturated rings. The smallest absolute Gasteiger partial charge is 0.243 e. The molecular formula is C22H15ClN8O2. The third kappa shape index (κ3) is 2.39. The van der Waals surface area contributed by atoms with Gasteiger partial charge in [-0.3, -0.25) is 14.5 Å². The summed E-state index contributed by atoms with van der Waals surface area (Å²) in [6.45, 7) is 1.82. The zero-order chi connectivity index (χ0) is 22.9. The molecule has 3 aromatic heterocycles. The first-order valence-electron chi connectivity index (χ1n) is 10.1. The number of aromatic nitrogens is 6. The number of fused-ring (bicyclic) bond motifs is 5. The maximum Gasteiger partial charge on any atom is 0.243 e. The van der Waals surface area contributed by atoms with Gasteiger partial charge in [-0.25, -0.2) is 15.0 Å². The van der Waals surface area contributed by atoms with Crippen LogP contribution >= 0.6 is 11.6 Å². The molecule has 33 heavy (non-hydrogen) atoms. The summed E-state index contributed by atoms with van der Waals surface area (Å²) >= 11 is 6.51. The van der Waals surface area contributed by atoms with E-state index in [-0.39, 0.29) is 24.8 Å². The van der Waals surface area contributed by atoms with Gasteiger partial charge in [0.2, 0.25) is 11.8 Å². The summed E-state index contributed by atoms with van der Waals surface area (Å²) in [7, 11) is 0. The number of aromatic amines is 1. The van der Waals surface area contributed by atoms with E-state index >= 15 is 0 Å². The second kappa shape index (κ2) is 6.63. The molecule has 1 aromatic carbocycles. The minimum atomic E-state index is -1.31. The average molecular weight is 459 g/mol. The van der Waals surface area contributed by atoms with E-state index in [4.69, 9.17) is 18.0 Å². The van der Waals surface area contributed by atoms with Gasteiger partial charge in [-0.2, -0.15) is 9.78 Å². The van der Waals surface area contributed by atoms with Crippen molar-refractivity contribution < 1.29 is 9.59 Å². The summed E-state index contributed by atoms with van der Waals surface area (Å²) < 4.78 is 1.51. The molecule has 4 aromatic rings. The largest absolute Gasteiger partial charge is 0.340 e. The second-order valence-corrected chi connectivity index (χ2v) is 8.29. The first kappa shape index (κ1) is 19.5. The fourth-order valence-electron chi connectivity index (χ4n) is 4.96. The molecule has 11 heteroatoms. The summed E-state index contributed by atoms with van der Waals surface area (Å²) in [6, 6.07) is 5.28. The summed E-state index contributed by atoms with van der Waals surface area (Å²) in [5.74, 6) is 2.64. The lowest BCUT2D eigenvalue weighted by molar-refractivity contribution is -0.126. The number of halogens is 1. The molecule has 6 rings (SSSR count). The molecule has 0 radical (unpaired) electrons. The number of H-pyrrole nitrogens is 1. The van der Waals surface area contributed by atoms with Crippen LogP contribution in [-0.4, -0.2) is 48.1 Å². The highest BCUT2D eigenvalue weighted by atomic mass is 35.5. The molecule has 2 aliphatic heterocycles. The van der Waals surface area contributed by atoms with Crippen molar-refractivity contribution in [2.75, 3.05) is 16.8 Å². The molecule has 0 saturated carbocycles. The van der Waals surface area contributed by atoms with Crippen molar-refractivity contribution in [3.05, 3.63) is 52.7 Å². The number of hydrogen-bond acceptors (Lipinski definition) is 6. The number of carbonyl (C=O) groups excluding carboxylic acids is 2. The third-order valence-electron chi connectivity index (χ3n) is 6.15. The second-order valence-electron chi connectivity index (χ2n) is 7.88. The van der Waals surface area contributed by atoms with Gasteiger partial charge in [0.1, 0.15) is 23.1 Å². The molecule has 0 aliphatic carbocycles. The highest BCUT2D eigenvalue weighted by molar-refractivity contribution is 6.35. The Kier molecular flexibility index (Phi) is 3.91. The summed E-state index contributed by atoms with van der Waals surface area (Å²) in [4.78, 5) is 44.2. The van der Waals surface area contributed by atoms with Crippen LogP contribution in [0.4, 0.5) is 11.5 Å². The van der Waals surface area contributed by atoms with Crippen LogP contribution < -0.4 is 10.2 Å². The molecule has 1 unspecified atom stereocenters.